The molecule has 0 radical (unpaired) electrons. The van der Waals surface area contributed by atoms with Crippen LogP contribution in [0.5, 0.6) is 5.75 Å². The highest BCUT2D eigenvalue weighted by Crippen LogP contribution is 2.27. The summed E-state index contributed by atoms with van der Waals surface area (Å²) in [6, 6.07) is 17.9. The zero-order valence-electron chi connectivity index (χ0n) is 15.8. The lowest BCUT2D eigenvalue weighted by Crippen LogP contribution is -2.50. The fourth-order valence-corrected chi connectivity index (χ4v) is 3.67. The Morgan fingerprint density at radius 3 is 2.46 bits per heavy atom. The van der Waals surface area contributed by atoms with Crippen LogP contribution in [0.25, 0.3) is 0 Å². The highest BCUT2D eigenvalue weighted by Gasteiger charge is 2.28. The average molecular weight is 380 g/mol. The van der Waals surface area contributed by atoms with Gasteiger partial charge in [0.1, 0.15) is 12.4 Å². The van der Waals surface area contributed by atoms with Crippen molar-refractivity contribution in [3.8, 4) is 5.75 Å². The molecule has 2 aliphatic heterocycles. The maximum atomic E-state index is 12.4. The highest BCUT2D eigenvalue weighted by atomic mass is 16.5. The summed E-state index contributed by atoms with van der Waals surface area (Å²) in [4.78, 5) is 28.8. The van der Waals surface area contributed by atoms with Gasteiger partial charge in [0.15, 0.2) is 6.61 Å². The van der Waals surface area contributed by atoms with Crippen molar-refractivity contribution in [3.05, 3.63) is 60.2 Å². The standard InChI is InChI=1S/C22H24N2O4/c25-21(24-12-10-23(11-13-24)19-7-2-1-3-8-19)16-28-22(26)18-14-17-6-4-5-9-20(17)27-15-18/h1-9,18H,10-16H2/t18-/m0/s1. The lowest BCUT2D eigenvalue weighted by molar-refractivity contribution is -0.156. The van der Waals surface area contributed by atoms with Crippen molar-refractivity contribution in [1.29, 1.82) is 0 Å². The molecule has 2 aromatic rings. The smallest absolute Gasteiger partial charge is 0.313 e. The molecule has 0 bridgehead atoms. The predicted molar refractivity (Wildman–Crippen MR) is 105 cm³/mol. The van der Waals surface area contributed by atoms with Crippen molar-refractivity contribution < 1.29 is 19.1 Å². The second-order valence-corrected chi connectivity index (χ2v) is 7.13. The van der Waals surface area contributed by atoms with Crippen LogP contribution in [-0.2, 0) is 20.7 Å². The van der Waals surface area contributed by atoms with Gasteiger partial charge in [0, 0.05) is 31.9 Å². The van der Waals surface area contributed by atoms with Crippen LogP contribution >= 0.6 is 0 Å². The Bertz CT molecular complexity index is 831. The van der Waals surface area contributed by atoms with E-state index in [0.717, 1.165) is 24.4 Å². The topological polar surface area (TPSA) is 59.1 Å². The molecule has 146 valence electrons. The average Bonchev–Trinajstić information content (AvgIpc) is 2.77. The number of amides is 1. The Balaban J connectivity index is 1.23. The van der Waals surface area contributed by atoms with E-state index in [1.807, 2.05) is 42.5 Å². The molecular formula is C22H24N2O4. The SMILES string of the molecule is O=C(OCC(=O)N1CCN(c2ccccc2)CC1)[C@@H]1COc2ccccc2C1. The molecule has 1 atom stereocenters. The van der Waals surface area contributed by atoms with Crippen molar-refractivity contribution in [2.75, 3.05) is 44.3 Å². The van der Waals surface area contributed by atoms with Crippen LogP contribution < -0.4 is 9.64 Å². The molecule has 0 aromatic heterocycles. The fraction of sp³-hybridized carbons (Fsp3) is 0.364. The second kappa shape index (κ2) is 8.33. The van der Waals surface area contributed by atoms with E-state index in [2.05, 4.69) is 17.0 Å². The molecule has 6 heteroatoms. The van der Waals surface area contributed by atoms with Gasteiger partial charge in [-0.3, -0.25) is 9.59 Å². The van der Waals surface area contributed by atoms with Gasteiger partial charge in [0.25, 0.3) is 5.91 Å². The zero-order chi connectivity index (χ0) is 19.3. The van der Waals surface area contributed by atoms with Crippen molar-refractivity contribution in [2.45, 2.75) is 6.42 Å². The van der Waals surface area contributed by atoms with Gasteiger partial charge >= 0.3 is 5.97 Å². The minimum absolute atomic E-state index is 0.141. The van der Waals surface area contributed by atoms with Crippen LogP contribution in [0.1, 0.15) is 5.56 Å². The van der Waals surface area contributed by atoms with Gasteiger partial charge in [0.2, 0.25) is 0 Å². The first kappa shape index (κ1) is 18.3. The summed E-state index contributed by atoms with van der Waals surface area (Å²) >= 11 is 0. The molecular weight excluding hydrogens is 356 g/mol. The van der Waals surface area contributed by atoms with Crippen LogP contribution in [0.4, 0.5) is 5.69 Å². The Morgan fingerprint density at radius 2 is 1.68 bits per heavy atom. The first-order valence-electron chi connectivity index (χ1n) is 9.66. The van der Waals surface area contributed by atoms with E-state index in [1.165, 1.54) is 5.69 Å². The van der Waals surface area contributed by atoms with E-state index in [9.17, 15) is 9.59 Å². The Kier molecular flexibility index (Phi) is 5.46. The second-order valence-electron chi connectivity index (χ2n) is 7.13. The predicted octanol–water partition coefficient (Wildman–Crippen LogP) is 2.13. The Morgan fingerprint density at radius 1 is 0.964 bits per heavy atom. The molecule has 28 heavy (non-hydrogen) atoms. The summed E-state index contributed by atoms with van der Waals surface area (Å²) in [6.07, 6.45) is 0.582. The molecule has 0 N–H and O–H groups in total. The number of piperazine rings is 1. The molecule has 2 aromatic carbocycles. The molecule has 0 saturated carbocycles. The van der Waals surface area contributed by atoms with Gasteiger partial charge in [0.05, 0.1) is 5.92 Å². The van der Waals surface area contributed by atoms with Crippen LogP contribution in [0.15, 0.2) is 54.6 Å². The summed E-state index contributed by atoms with van der Waals surface area (Å²) < 4.78 is 10.9. The summed E-state index contributed by atoms with van der Waals surface area (Å²) in [7, 11) is 0. The monoisotopic (exact) mass is 380 g/mol. The third kappa shape index (κ3) is 4.11. The number of para-hydroxylation sites is 2. The number of esters is 1. The number of carbonyl (C=O) groups excluding carboxylic acids is 2. The highest BCUT2D eigenvalue weighted by molar-refractivity contribution is 5.82. The van der Waals surface area contributed by atoms with Crippen molar-refractivity contribution in [3.63, 3.8) is 0 Å². The fourth-order valence-electron chi connectivity index (χ4n) is 3.67. The van der Waals surface area contributed by atoms with Crippen LogP contribution in [0.3, 0.4) is 0 Å². The molecule has 2 heterocycles. The van der Waals surface area contributed by atoms with Gasteiger partial charge in [-0.05, 0) is 30.2 Å². The third-order valence-electron chi connectivity index (χ3n) is 5.30. The van der Waals surface area contributed by atoms with Crippen molar-refractivity contribution in [1.82, 2.24) is 4.90 Å². The molecule has 6 nitrogen and oxygen atoms in total. The molecule has 1 fully saturated rings. The number of anilines is 1. The molecule has 1 saturated heterocycles. The first-order valence-corrected chi connectivity index (χ1v) is 9.66. The normalized spacial score (nSPS) is 18.8. The van der Waals surface area contributed by atoms with E-state index < -0.39 is 0 Å². The van der Waals surface area contributed by atoms with Crippen LogP contribution in [0, 0.1) is 5.92 Å². The first-order chi connectivity index (χ1) is 13.7. The lowest BCUT2D eigenvalue weighted by Gasteiger charge is -2.36. The number of ether oxygens (including phenoxy) is 2. The quantitative estimate of drug-likeness (QED) is 0.761. The van der Waals surface area contributed by atoms with E-state index in [1.54, 1.807) is 4.90 Å². The van der Waals surface area contributed by atoms with Crippen molar-refractivity contribution >= 4 is 17.6 Å². The van der Waals surface area contributed by atoms with Gasteiger partial charge in [-0.2, -0.15) is 0 Å². The number of hydrogen-bond acceptors (Lipinski definition) is 5. The maximum Gasteiger partial charge on any atom is 0.313 e. The van der Waals surface area contributed by atoms with Gasteiger partial charge in [-0.25, -0.2) is 0 Å². The third-order valence-corrected chi connectivity index (χ3v) is 5.30. The van der Waals surface area contributed by atoms with E-state index >= 15 is 0 Å². The van der Waals surface area contributed by atoms with E-state index in [-0.39, 0.29) is 24.4 Å². The van der Waals surface area contributed by atoms with Crippen LogP contribution in [0.2, 0.25) is 0 Å². The molecule has 4 rings (SSSR count). The van der Waals surface area contributed by atoms with E-state index in [4.69, 9.17) is 9.47 Å². The summed E-state index contributed by atoms with van der Waals surface area (Å²) in [5, 5.41) is 0. The molecule has 2 aliphatic rings. The van der Waals surface area contributed by atoms with E-state index in [0.29, 0.717) is 26.1 Å². The van der Waals surface area contributed by atoms with Crippen LogP contribution in [-0.4, -0.2) is 56.2 Å². The largest absolute Gasteiger partial charge is 0.492 e. The molecule has 0 unspecified atom stereocenters. The summed E-state index contributed by atoms with van der Waals surface area (Å²) in [5.41, 5.74) is 2.16. The minimum atomic E-state index is -0.370. The maximum absolute atomic E-state index is 12.4. The lowest BCUT2D eigenvalue weighted by atomic mass is 9.97. The summed E-state index contributed by atoms with van der Waals surface area (Å²) in [6.45, 7) is 2.90. The number of rotatable bonds is 4. The molecule has 0 spiro atoms. The number of carbonyl (C=O) groups is 2. The number of benzene rings is 2. The number of hydrogen-bond donors (Lipinski definition) is 0. The van der Waals surface area contributed by atoms with Gasteiger partial charge in [-0.15, -0.1) is 0 Å². The number of nitrogens with zero attached hydrogens (tertiary/aromatic N) is 2. The molecule has 1 amide bonds. The van der Waals surface area contributed by atoms with Gasteiger partial charge < -0.3 is 19.3 Å². The Hall–Kier alpha value is -3.02. The number of fused-ring (bicyclic) bond motifs is 1. The molecule has 0 aliphatic carbocycles. The summed E-state index contributed by atoms with van der Waals surface area (Å²) in [5.74, 6) is -0.0551. The van der Waals surface area contributed by atoms with Gasteiger partial charge in [-0.1, -0.05) is 36.4 Å². The zero-order valence-corrected chi connectivity index (χ0v) is 15.8. The van der Waals surface area contributed by atoms with Crippen molar-refractivity contribution in [2.24, 2.45) is 5.92 Å². The minimum Gasteiger partial charge on any atom is -0.492 e. The Labute approximate surface area is 164 Å².